The number of carbonyl (C=O) groups is 1. The van der Waals surface area contributed by atoms with Crippen LogP contribution in [0.5, 0.6) is 0 Å². The van der Waals surface area contributed by atoms with E-state index in [9.17, 15) is 18.0 Å². The molecule has 0 spiro atoms. The number of halogens is 3. The van der Waals surface area contributed by atoms with Crippen LogP contribution >= 0.6 is 0 Å². The molecule has 2 aromatic carbocycles. The fourth-order valence-corrected chi connectivity index (χ4v) is 4.08. The highest BCUT2D eigenvalue weighted by Crippen LogP contribution is 2.40. The average Bonchev–Trinajstić information content (AvgIpc) is 3.19. The van der Waals surface area contributed by atoms with Crippen molar-refractivity contribution in [2.45, 2.75) is 58.0 Å². The van der Waals surface area contributed by atoms with Crippen LogP contribution in [0.3, 0.4) is 0 Å². The number of hydrogen-bond donors (Lipinski definition) is 1. The summed E-state index contributed by atoms with van der Waals surface area (Å²) in [6, 6.07) is 10.9. The third-order valence-corrected chi connectivity index (χ3v) is 6.62. The van der Waals surface area contributed by atoms with Crippen molar-refractivity contribution >= 4 is 29.9 Å². The third kappa shape index (κ3) is 4.26. The second-order valence-electron chi connectivity index (χ2n) is 9.46. The number of rotatable bonds is 5. The lowest BCUT2D eigenvalue weighted by Gasteiger charge is -2.32. The van der Waals surface area contributed by atoms with Crippen molar-refractivity contribution < 1.29 is 27.3 Å². The Balaban J connectivity index is 1.73. The van der Waals surface area contributed by atoms with Crippen molar-refractivity contribution in [1.29, 1.82) is 5.26 Å². The van der Waals surface area contributed by atoms with E-state index in [2.05, 4.69) is 11.4 Å². The molecule has 178 valence electrons. The number of benzene rings is 2. The van der Waals surface area contributed by atoms with E-state index in [1.54, 1.807) is 18.2 Å². The van der Waals surface area contributed by atoms with Crippen LogP contribution in [-0.2, 0) is 22.0 Å². The van der Waals surface area contributed by atoms with Crippen LogP contribution in [0.25, 0.3) is 0 Å². The summed E-state index contributed by atoms with van der Waals surface area (Å²) < 4.78 is 52.9. The minimum absolute atomic E-state index is 0.0369. The maximum absolute atomic E-state index is 13.6. The Hall–Kier alpha value is -3.03. The van der Waals surface area contributed by atoms with E-state index >= 15 is 0 Å². The second-order valence-corrected chi connectivity index (χ2v) is 9.46. The van der Waals surface area contributed by atoms with Crippen molar-refractivity contribution in [3.8, 4) is 6.07 Å². The molecule has 2 aliphatic heterocycles. The average molecular weight is 471 g/mol. The molecule has 0 saturated carbocycles. The fraction of sp³-hybridized carbons (Fsp3) is 0.417. The van der Waals surface area contributed by atoms with Gasteiger partial charge in [0.15, 0.2) is 0 Å². The first-order valence-electron chi connectivity index (χ1n) is 11.0. The first-order valence-corrected chi connectivity index (χ1v) is 11.0. The third-order valence-electron chi connectivity index (χ3n) is 6.62. The number of nitriles is 1. The number of alkyl halides is 3. The fourth-order valence-electron chi connectivity index (χ4n) is 4.08. The minimum Gasteiger partial charge on any atom is -0.399 e. The van der Waals surface area contributed by atoms with Gasteiger partial charge in [-0.1, -0.05) is 6.07 Å². The molecule has 4 rings (SSSR count). The smallest absolute Gasteiger partial charge is 0.399 e. The summed E-state index contributed by atoms with van der Waals surface area (Å²) in [7, 11) is -0.729. The number of amides is 1. The van der Waals surface area contributed by atoms with Crippen LogP contribution < -0.4 is 15.7 Å². The molecule has 0 aliphatic carbocycles. The van der Waals surface area contributed by atoms with Gasteiger partial charge in [-0.25, -0.2) is 0 Å². The molecule has 1 N–H and O–H groups in total. The van der Waals surface area contributed by atoms with Crippen molar-refractivity contribution in [3.63, 3.8) is 0 Å². The molecule has 0 atom stereocenters. The van der Waals surface area contributed by atoms with Gasteiger partial charge in [0.05, 0.1) is 35.8 Å². The minimum atomic E-state index is -4.56. The summed E-state index contributed by atoms with van der Waals surface area (Å²) in [5.74, 6) is -0.504. The zero-order valence-corrected chi connectivity index (χ0v) is 19.4. The van der Waals surface area contributed by atoms with Gasteiger partial charge in [-0.2, -0.15) is 18.4 Å². The molecule has 0 aromatic heterocycles. The zero-order chi connectivity index (χ0) is 24.9. The van der Waals surface area contributed by atoms with Gasteiger partial charge in [0.25, 0.3) is 5.91 Å². The van der Waals surface area contributed by atoms with Gasteiger partial charge in [0.2, 0.25) is 0 Å². The summed E-state index contributed by atoms with van der Waals surface area (Å²) >= 11 is 0. The number of nitrogens with zero attached hydrogens (tertiary/aromatic N) is 2. The van der Waals surface area contributed by atoms with Crippen molar-refractivity contribution in [2.75, 3.05) is 16.8 Å². The summed E-state index contributed by atoms with van der Waals surface area (Å²) in [4.78, 5) is 14.4. The predicted molar refractivity (Wildman–Crippen MR) is 123 cm³/mol. The lowest BCUT2D eigenvalue weighted by atomic mass is 9.78. The summed E-state index contributed by atoms with van der Waals surface area (Å²) in [6.45, 7) is 7.85. The molecule has 0 radical (unpaired) electrons. The van der Waals surface area contributed by atoms with Gasteiger partial charge in [-0.3, -0.25) is 4.79 Å². The Morgan fingerprint density at radius 1 is 1.15 bits per heavy atom. The van der Waals surface area contributed by atoms with Gasteiger partial charge in [0, 0.05) is 23.5 Å². The number of fused-ring (bicyclic) bond motifs is 1. The lowest BCUT2D eigenvalue weighted by Crippen LogP contribution is -2.41. The molecule has 1 saturated heterocycles. The molecule has 2 aliphatic rings. The summed E-state index contributed by atoms with van der Waals surface area (Å²) in [5, 5.41) is 12.0. The quantitative estimate of drug-likeness (QED) is 0.514. The zero-order valence-electron chi connectivity index (χ0n) is 19.4. The molecule has 0 unspecified atom stereocenters. The lowest BCUT2D eigenvalue weighted by molar-refractivity contribution is -0.138. The number of nitrogens with one attached hydrogen (secondary N) is 1. The van der Waals surface area contributed by atoms with Crippen LogP contribution in [0.15, 0.2) is 36.4 Å². The Morgan fingerprint density at radius 3 is 2.44 bits per heavy atom. The van der Waals surface area contributed by atoms with E-state index in [0.29, 0.717) is 23.4 Å². The van der Waals surface area contributed by atoms with Crippen molar-refractivity contribution in [1.82, 2.24) is 0 Å². The molecular formula is C24H25BF3N3O3. The topological polar surface area (TPSA) is 74.6 Å². The van der Waals surface area contributed by atoms with E-state index in [1.165, 1.54) is 17.0 Å². The Morgan fingerprint density at radius 2 is 1.82 bits per heavy atom. The summed E-state index contributed by atoms with van der Waals surface area (Å²) in [5.41, 5.74) is -0.355. The highest BCUT2D eigenvalue weighted by atomic mass is 19.4. The van der Waals surface area contributed by atoms with E-state index in [0.717, 1.165) is 6.07 Å². The molecule has 1 fully saturated rings. The van der Waals surface area contributed by atoms with Gasteiger partial charge < -0.3 is 19.5 Å². The van der Waals surface area contributed by atoms with Crippen molar-refractivity contribution in [2.24, 2.45) is 0 Å². The Bertz CT molecular complexity index is 1160. The molecule has 1 amide bonds. The van der Waals surface area contributed by atoms with Gasteiger partial charge in [-0.15, -0.1) is 0 Å². The van der Waals surface area contributed by atoms with Gasteiger partial charge >= 0.3 is 13.3 Å². The Labute approximate surface area is 196 Å². The molecule has 0 bridgehead atoms. The van der Waals surface area contributed by atoms with E-state index < -0.39 is 36.0 Å². The first kappa shape index (κ1) is 24.1. The SMILES string of the molecule is CC1(C)OB(c2cc(NCCC#N)cc(N3Cc4c(cccc4C(F)(F)F)C3=O)c2)OC1(C)C. The van der Waals surface area contributed by atoms with Crippen LogP contribution in [0.1, 0.15) is 55.6 Å². The van der Waals surface area contributed by atoms with Crippen LogP contribution in [0, 0.1) is 11.3 Å². The maximum Gasteiger partial charge on any atom is 0.494 e. The van der Waals surface area contributed by atoms with Crippen LogP contribution in [-0.4, -0.2) is 30.8 Å². The second kappa shape index (κ2) is 8.33. The van der Waals surface area contributed by atoms with Crippen LogP contribution in [0.4, 0.5) is 24.5 Å². The number of hydrogen-bond acceptors (Lipinski definition) is 5. The summed E-state index contributed by atoms with van der Waals surface area (Å²) in [6.07, 6.45) is -4.30. The van der Waals surface area contributed by atoms with Crippen LogP contribution in [0.2, 0.25) is 0 Å². The monoisotopic (exact) mass is 471 g/mol. The number of anilines is 2. The highest BCUT2D eigenvalue weighted by molar-refractivity contribution is 6.62. The largest absolute Gasteiger partial charge is 0.494 e. The van der Waals surface area contributed by atoms with Gasteiger partial charge in [0.1, 0.15) is 0 Å². The number of carbonyl (C=O) groups excluding carboxylic acids is 1. The normalized spacial score (nSPS) is 18.7. The predicted octanol–water partition coefficient (Wildman–Crippen LogP) is 4.49. The standard InChI is InChI=1S/C24H25BF3N3O3/c1-22(2)23(3,4)34-25(33-22)15-11-16(30-10-6-9-29)13-17(12-15)31-14-19-18(21(31)32)7-5-8-20(19)24(26,27)28/h5,7-8,11-13,30H,6,10,14H2,1-4H3. The van der Waals surface area contributed by atoms with Crippen molar-refractivity contribution in [3.05, 3.63) is 53.1 Å². The first-order chi connectivity index (χ1) is 15.8. The maximum atomic E-state index is 13.6. The van der Waals surface area contributed by atoms with E-state index in [-0.39, 0.29) is 24.1 Å². The molecular weight excluding hydrogens is 446 g/mol. The highest BCUT2D eigenvalue weighted by Gasteiger charge is 2.52. The molecule has 34 heavy (non-hydrogen) atoms. The Kier molecular flexibility index (Phi) is 5.90. The van der Waals surface area contributed by atoms with E-state index in [4.69, 9.17) is 14.6 Å². The molecule has 2 aromatic rings. The molecule has 10 heteroatoms. The van der Waals surface area contributed by atoms with Gasteiger partial charge in [-0.05, 0) is 69.1 Å². The molecule has 6 nitrogen and oxygen atoms in total. The van der Waals surface area contributed by atoms with E-state index in [1.807, 2.05) is 27.7 Å². The molecule has 2 heterocycles.